The quantitative estimate of drug-likeness (QED) is 0.181. The van der Waals surface area contributed by atoms with Crippen LogP contribution >= 0.6 is 11.3 Å². The molecule has 2 aromatic heterocycles. The summed E-state index contributed by atoms with van der Waals surface area (Å²) in [6.07, 6.45) is 9.11. The van der Waals surface area contributed by atoms with E-state index in [0.29, 0.717) is 0 Å². The van der Waals surface area contributed by atoms with Gasteiger partial charge in [-0.25, -0.2) is 0 Å². The van der Waals surface area contributed by atoms with Crippen molar-refractivity contribution >= 4 is 86.8 Å². The largest absolute Gasteiger partial charge is 0.310 e. The van der Waals surface area contributed by atoms with Crippen molar-refractivity contribution in [3.63, 3.8) is 0 Å². The van der Waals surface area contributed by atoms with Gasteiger partial charge < -0.3 is 9.47 Å². The molecule has 3 heteroatoms. The van der Waals surface area contributed by atoms with Crippen molar-refractivity contribution < 1.29 is 0 Å². The highest BCUT2D eigenvalue weighted by atomic mass is 32.1. The van der Waals surface area contributed by atoms with Crippen LogP contribution in [0, 0.1) is 0 Å². The number of rotatable bonds is 5. The maximum atomic E-state index is 2.44. The van der Waals surface area contributed by atoms with Crippen molar-refractivity contribution in [3.8, 4) is 11.1 Å². The van der Waals surface area contributed by atoms with Crippen molar-refractivity contribution in [1.29, 1.82) is 0 Å². The number of hydrogen-bond donors (Lipinski definition) is 0. The van der Waals surface area contributed by atoms with Crippen LogP contribution in [0.3, 0.4) is 0 Å². The van der Waals surface area contributed by atoms with Crippen LogP contribution in [-0.2, 0) is 0 Å². The summed E-state index contributed by atoms with van der Waals surface area (Å²) in [6.45, 7) is 0. The Kier molecular flexibility index (Phi) is 6.53. The molecular weight excluding hydrogens is 613 g/mol. The van der Waals surface area contributed by atoms with Crippen LogP contribution in [0.25, 0.3) is 69.6 Å². The lowest BCUT2D eigenvalue weighted by molar-refractivity contribution is 1.02. The lowest BCUT2D eigenvalue weighted by Crippen LogP contribution is -2.10. The molecule has 0 atom stereocenters. The van der Waals surface area contributed by atoms with Gasteiger partial charge in [0.25, 0.3) is 0 Å². The first-order valence-corrected chi connectivity index (χ1v) is 17.8. The Balaban J connectivity index is 1.15. The Morgan fingerprint density at radius 1 is 0.469 bits per heavy atom. The number of aromatic nitrogens is 1. The van der Waals surface area contributed by atoms with Crippen molar-refractivity contribution in [2.45, 2.75) is 12.8 Å². The van der Waals surface area contributed by atoms with E-state index in [1.54, 1.807) is 0 Å². The zero-order valence-corrected chi connectivity index (χ0v) is 27.7. The molecule has 0 amide bonds. The van der Waals surface area contributed by atoms with Crippen molar-refractivity contribution in [3.05, 3.63) is 170 Å². The Hall–Kier alpha value is -5.90. The van der Waals surface area contributed by atoms with Gasteiger partial charge in [-0.2, -0.15) is 0 Å². The van der Waals surface area contributed by atoms with Crippen molar-refractivity contribution in [2.24, 2.45) is 0 Å². The van der Waals surface area contributed by atoms with Gasteiger partial charge in [-0.05, 0) is 95.4 Å². The highest BCUT2D eigenvalue weighted by Crippen LogP contribution is 2.43. The summed E-state index contributed by atoms with van der Waals surface area (Å²) >= 11 is 1.86. The molecular formula is C46H32N2S. The number of thiophene rings is 1. The first-order chi connectivity index (χ1) is 24.3. The maximum absolute atomic E-state index is 2.44. The molecule has 0 bridgehead atoms. The van der Waals surface area contributed by atoms with Gasteiger partial charge in [-0.3, -0.25) is 0 Å². The Bertz CT molecular complexity index is 2790. The molecule has 0 saturated heterocycles. The molecule has 0 saturated carbocycles. The molecule has 2 heterocycles. The van der Waals surface area contributed by atoms with E-state index in [2.05, 4.69) is 179 Å². The molecule has 0 aliphatic heterocycles. The van der Waals surface area contributed by atoms with E-state index in [9.17, 15) is 0 Å². The number of para-hydroxylation sites is 1. The molecule has 0 radical (unpaired) electrons. The van der Waals surface area contributed by atoms with E-state index in [4.69, 9.17) is 0 Å². The van der Waals surface area contributed by atoms with E-state index in [1.165, 1.54) is 69.6 Å². The van der Waals surface area contributed by atoms with Crippen LogP contribution in [0.4, 0.5) is 17.1 Å². The normalized spacial score (nSPS) is 13.2. The first-order valence-electron chi connectivity index (χ1n) is 17.0. The highest BCUT2D eigenvalue weighted by molar-refractivity contribution is 7.25. The molecule has 9 aromatic rings. The number of nitrogens with zero attached hydrogens (tertiary/aromatic N) is 2. The van der Waals surface area contributed by atoms with Crippen LogP contribution in [0.2, 0.25) is 0 Å². The molecule has 1 aliphatic carbocycles. The predicted octanol–water partition coefficient (Wildman–Crippen LogP) is 13.6. The third-order valence-electron chi connectivity index (χ3n) is 9.96. The fourth-order valence-corrected chi connectivity index (χ4v) is 8.77. The number of benzene rings is 7. The van der Waals surface area contributed by atoms with Crippen LogP contribution in [0.5, 0.6) is 0 Å². The average Bonchev–Trinajstić information content (AvgIpc) is 3.70. The second-order valence-corrected chi connectivity index (χ2v) is 14.0. The Morgan fingerprint density at radius 3 is 2.10 bits per heavy atom. The van der Waals surface area contributed by atoms with Gasteiger partial charge in [0.1, 0.15) is 0 Å². The van der Waals surface area contributed by atoms with E-state index in [1.807, 2.05) is 11.3 Å². The van der Waals surface area contributed by atoms with E-state index in [0.717, 1.165) is 29.9 Å². The SMILES string of the molecule is C1=CC(n2c3ccccc3c3ccc(-c4cccc(N(c5ccc6ccccc6c5)c5ccc6c(c5)sc5ccccc56)c4)cc32)=CCC1. The molecule has 0 unspecified atom stereocenters. The first kappa shape index (κ1) is 28.1. The zero-order chi connectivity index (χ0) is 32.3. The summed E-state index contributed by atoms with van der Waals surface area (Å²) in [5, 5.41) is 7.67. The minimum atomic E-state index is 1.07. The summed E-state index contributed by atoms with van der Waals surface area (Å²) in [5.41, 5.74) is 9.56. The van der Waals surface area contributed by atoms with Gasteiger partial charge in [0, 0.05) is 53.7 Å². The predicted molar refractivity (Wildman–Crippen MR) is 213 cm³/mol. The van der Waals surface area contributed by atoms with Gasteiger partial charge in [-0.1, -0.05) is 109 Å². The van der Waals surface area contributed by atoms with E-state index >= 15 is 0 Å². The maximum Gasteiger partial charge on any atom is 0.0547 e. The van der Waals surface area contributed by atoms with E-state index in [-0.39, 0.29) is 0 Å². The number of fused-ring (bicyclic) bond motifs is 7. The molecule has 10 rings (SSSR count). The van der Waals surface area contributed by atoms with Crippen molar-refractivity contribution in [2.75, 3.05) is 4.90 Å². The standard InChI is InChI=1S/C46H32N2S/c1-2-14-35(15-3-1)48-43-19-8-6-17-39(43)40-25-22-34(29-44(40)48)33-13-10-16-36(28-33)47(37-23-21-31-11-4-5-12-32(31)27-37)38-24-26-42-41-18-7-9-20-45(41)49-46(42)30-38/h2,4-30H,1,3H2. The molecule has 232 valence electrons. The van der Waals surface area contributed by atoms with Crippen LogP contribution in [-0.4, -0.2) is 4.57 Å². The monoisotopic (exact) mass is 644 g/mol. The van der Waals surface area contributed by atoms with Gasteiger partial charge in [0.2, 0.25) is 0 Å². The summed E-state index contributed by atoms with van der Waals surface area (Å²) in [7, 11) is 0. The second kappa shape index (κ2) is 11.4. The van der Waals surface area contributed by atoms with Gasteiger partial charge in [-0.15, -0.1) is 11.3 Å². The Morgan fingerprint density at radius 2 is 1.18 bits per heavy atom. The highest BCUT2D eigenvalue weighted by Gasteiger charge is 2.18. The third kappa shape index (κ3) is 4.69. The fourth-order valence-electron chi connectivity index (χ4n) is 7.63. The number of hydrogen-bond acceptors (Lipinski definition) is 2. The summed E-state index contributed by atoms with van der Waals surface area (Å²) in [6, 6.07) is 55.8. The minimum absolute atomic E-state index is 1.07. The lowest BCUT2D eigenvalue weighted by atomic mass is 10.0. The topological polar surface area (TPSA) is 8.17 Å². The van der Waals surface area contributed by atoms with Crippen molar-refractivity contribution in [1.82, 2.24) is 4.57 Å². The molecule has 7 aromatic carbocycles. The summed E-state index contributed by atoms with van der Waals surface area (Å²) in [4.78, 5) is 2.41. The minimum Gasteiger partial charge on any atom is -0.310 e. The lowest BCUT2D eigenvalue weighted by Gasteiger charge is -2.26. The van der Waals surface area contributed by atoms with Gasteiger partial charge >= 0.3 is 0 Å². The Labute approximate surface area is 289 Å². The molecule has 0 fully saturated rings. The number of allylic oxidation sites excluding steroid dienone is 4. The van der Waals surface area contributed by atoms with Crippen LogP contribution in [0.15, 0.2) is 170 Å². The number of anilines is 3. The average molecular weight is 645 g/mol. The fraction of sp³-hybridized carbons (Fsp3) is 0.0435. The molecule has 1 aliphatic rings. The summed E-state index contributed by atoms with van der Waals surface area (Å²) in [5.74, 6) is 0. The second-order valence-electron chi connectivity index (χ2n) is 12.9. The van der Waals surface area contributed by atoms with Crippen LogP contribution in [0.1, 0.15) is 12.8 Å². The summed E-state index contributed by atoms with van der Waals surface area (Å²) < 4.78 is 5.06. The van der Waals surface area contributed by atoms with Crippen LogP contribution < -0.4 is 4.90 Å². The smallest absolute Gasteiger partial charge is 0.0547 e. The molecule has 0 spiro atoms. The molecule has 2 nitrogen and oxygen atoms in total. The molecule has 49 heavy (non-hydrogen) atoms. The zero-order valence-electron chi connectivity index (χ0n) is 26.9. The molecule has 0 N–H and O–H groups in total. The third-order valence-corrected chi connectivity index (χ3v) is 11.1. The van der Waals surface area contributed by atoms with Gasteiger partial charge in [0.15, 0.2) is 0 Å². The van der Waals surface area contributed by atoms with Gasteiger partial charge in [0.05, 0.1) is 11.0 Å². The van der Waals surface area contributed by atoms with E-state index < -0.39 is 0 Å².